The molecule has 0 unspecified atom stereocenters. The Bertz CT molecular complexity index is 639. The van der Waals surface area contributed by atoms with Gasteiger partial charge in [0, 0.05) is 20.8 Å². The normalized spacial score (nSPS) is 10.5. The number of methoxy groups -OCH3 is 1. The van der Waals surface area contributed by atoms with E-state index in [4.69, 9.17) is 11.6 Å². The number of benzene rings is 1. The number of halogens is 3. The first-order chi connectivity index (χ1) is 9.99. The molecule has 0 saturated heterocycles. The lowest BCUT2D eigenvalue weighted by Gasteiger charge is -2.09. The Labute approximate surface area is 139 Å². The second-order valence-corrected chi connectivity index (χ2v) is 6.73. The molecule has 7 heteroatoms. The molecule has 1 N–H and O–H groups in total. The maximum absolute atomic E-state index is 13.1. The van der Waals surface area contributed by atoms with E-state index in [9.17, 15) is 9.18 Å². The molecule has 3 nitrogen and oxygen atoms in total. The summed E-state index contributed by atoms with van der Waals surface area (Å²) in [6, 6.07) is 6.43. The van der Waals surface area contributed by atoms with E-state index in [-0.39, 0.29) is 12.4 Å². The molecule has 0 atom stereocenters. The summed E-state index contributed by atoms with van der Waals surface area (Å²) in [6.07, 6.45) is 0.266. The van der Waals surface area contributed by atoms with Crippen molar-refractivity contribution in [3.8, 4) is 0 Å². The molecule has 2 aromatic rings. The predicted octanol–water partition coefficient (Wildman–Crippen LogP) is 4.63. The number of carbonyl (C=O) groups excluding carboxylic acids is 1. The Morgan fingerprint density at radius 1 is 1.43 bits per heavy atom. The maximum atomic E-state index is 13.1. The molecule has 0 aliphatic heterocycles. The Morgan fingerprint density at radius 3 is 2.81 bits per heavy atom. The number of rotatable bonds is 5. The molecule has 1 heterocycles. The zero-order valence-corrected chi connectivity index (χ0v) is 14.2. The predicted molar refractivity (Wildman–Crippen MR) is 86.5 cm³/mol. The van der Waals surface area contributed by atoms with Crippen LogP contribution in [0, 0.1) is 5.82 Å². The van der Waals surface area contributed by atoms with Gasteiger partial charge in [-0.15, -0.1) is 11.3 Å². The molecule has 0 aliphatic carbocycles. The number of nitrogens with one attached hydrogen (secondary N) is 1. The highest BCUT2D eigenvalue weighted by atomic mass is 79.9. The van der Waals surface area contributed by atoms with Crippen molar-refractivity contribution in [3.05, 3.63) is 49.3 Å². The Hall–Kier alpha value is -1.11. The van der Waals surface area contributed by atoms with Crippen LogP contribution >= 0.6 is 38.9 Å². The molecule has 1 aromatic carbocycles. The van der Waals surface area contributed by atoms with Crippen LogP contribution in [0.1, 0.15) is 9.75 Å². The number of hydrogen-bond donors (Lipinski definition) is 1. The molecule has 2 rings (SSSR count). The first-order valence-corrected chi connectivity index (χ1v) is 8.01. The summed E-state index contributed by atoms with van der Waals surface area (Å²) < 4.78 is 18.3. The van der Waals surface area contributed by atoms with E-state index in [1.54, 1.807) is 0 Å². The Balaban J connectivity index is 2.02. The van der Waals surface area contributed by atoms with Crippen LogP contribution in [0.5, 0.6) is 0 Å². The average Bonchev–Trinajstić information content (AvgIpc) is 2.85. The largest absolute Gasteiger partial charge is 0.469 e. The van der Waals surface area contributed by atoms with Crippen molar-refractivity contribution >= 4 is 50.5 Å². The number of thiophene rings is 1. The average molecular weight is 393 g/mol. The number of carbonyl (C=O) groups is 1. The van der Waals surface area contributed by atoms with Crippen molar-refractivity contribution in [3.63, 3.8) is 0 Å². The third-order valence-electron chi connectivity index (χ3n) is 2.71. The Kier molecular flexibility index (Phi) is 5.61. The van der Waals surface area contributed by atoms with Crippen molar-refractivity contribution in [2.75, 3.05) is 12.4 Å². The molecule has 112 valence electrons. The van der Waals surface area contributed by atoms with Gasteiger partial charge < -0.3 is 10.1 Å². The van der Waals surface area contributed by atoms with E-state index in [1.165, 1.54) is 30.6 Å². The zero-order valence-electron chi connectivity index (χ0n) is 11.1. The van der Waals surface area contributed by atoms with Crippen LogP contribution in [0.2, 0.25) is 5.02 Å². The summed E-state index contributed by atoms with van der Waals surface area (Å²) >= 11 is 10.8. The van der Waals surface area contributed by atoms with E-state index >= 15 is 0 Å². The van der Waals surface area contributed by atoms with Gasteiger partial charge in [0.25, 0.3) is 0 Å². The van der Waals surface area contributed by atoms with E-state index in [0.29, 0.717) is 21.7 Å². The summed E-state index contributed by atoms with van der Waals surface area (Å²) in [4.78, 5) is 13.2. The quantitative estimate of drug-likeness (QED) is 0.754. The molecule has 0 spiro atoms. The van der Waals surface area contributed by atoms with Gasteiger partial charge in [-0.1, -0.05) is 11.6 Å². The van der Waals surface area contributed by atoms with Crippen LogP contribution in [0.25, 0.3) is 0 Å². The second kappa shape index (κ2) is 7.24. The molecule has 1 aromatic heterocycles. The minimum Gasteiger partial charge on any atom is -0.469 e. The summed E-state index contributed by atoms with van der Waals surface area (Å²) in [5.74, 6) is -0.658. The second-order valence-electron chi connectivity index (χ2n) is 4.22. The van der Waals surface area contributed by atoms with E-state index < -0.39 is 5.82 Å². The van der Waals surface area contributed by atoms with Crippen LogP contribution in [0.3, 0.4) is 0 Å². The highest BCUT2D eigenvalue weighted by molar-refractivity contribution is 9.10. The van der Waals surface area contributed by atoms with Crippen LogP contribution in [-0.4, -0.2) is 13.1 Å². The highest BCUT2D eigenvalue weighted by Gasteiger charge is 2.10. The molecule has 21 heavy (non-hydrogen) atoms. The number of esters is 1. The molecular formula is C14H12BrClFNO2S. The van der Waals surface area contributed by atoms with Gasteiger partial charge in [-0.25, -0.2) is 4.39 Å². The summed E-state index contributed by atoms with van der Waals surface area (Å²) in [5.41, 5.74) is 0.640. The van der Waals surface area contributed by atoms with Gasteiger partial charge in [0.1, 0.15) is 5.82 Å². The van der Waals surface area contributed by atoms with E-state index in [0.717, 1.165) is 9.75 Å². The van der Waals surface area contributed by atoms with Gasteiger partial charge in [-0.2, -0.15) is 0 Å². The first kappa shape index (κ1) is 16.3. The molecule has 0 aliphatic rings. The minimum atomic E-state index is -0.395. The number of anilines is 1. The highest BCUT2D eigenvalue weighted by Crippen LogP contribution is 2.32. The monoisotopic (exact) mass is 391 g/mol. The summed E-state index contributed by atoms with van der Waals surface area (Å²) in [7, 11) is 1.37. The number of ether oxygens (including phenoxy) is 1. The van der Waals surface area contributed by atoms with Crippen LogP contribution in [0.4, 0.5) is 10.1 Å². The van der Waals surface area contributed by atoms with Crippen molar-refractivity contribution in [2.24, 2.45) is 0 Å². The topological polar surface area (TPSA) is 38.3 Å². The third-order valence-corrected chi connectivity index (χ3v) is 4.72. The molecule has 0 saturated carbocycles. The van der Waals surface area contributed by atoms with Crippen LogP contribution in [-0.2, 0) is 22.5 Å². The molecule has 0 radical (unpaired) electrons. The number of hydrogen-bond acceptors (Lipinski definition) is 4. The fourth-order valence-electron chi connectivity index (χ4n) is 1.71. The minimum absolute atomic E-state index is 0.263. The van der Waals surface area contributed by atoms with E-state index in [2.05, 4.69) is 26.0 Å². The lowest BCUT2D eigenvalue weighted by atomic mass is 10.3. The molecule has 0 fully saturated rings. The van der Waals surface area contributed by atoms with Crippen LogP contribution in [0.15, 0.2) is 28.7 Å². The standard InChI is InChI=1S/C14H12BrClFNO2S/c1-20-13(19)6-9-2-3-10(21-9)7-18-14-11(15)4-8(17)5-12(14)16/h2-5,18H,6-7H2,1H3. The Morgan fingerprint density at radius 2 is 2.14 bits per heavy atom. The SMILES string of the molecule is COC(=O)Cc1ccc(CNc2c(Cl)cc(F)cc2Br)s1. The van der Waals surface area contributed by atoms with Gasteiger partial charge in [0.15, 0.2) is 0 Å². The lowest BCUT2D eigenvalue weighted by Crippen LogP contribution is -2.02. The van der Waals surface area contributed by atoms with Gasteiger partial charge >= 0.3 is 5.97 Å². The maximum Gasteiger partial charge on any atom is 0.310 e. The van der Waals surface area contributed by atoms with Crippen molar-refractivity contribution in [2.45, 2.75) is 13.0 Å². The van der Waals surface area contributed by atoms with E-state index in [1.807, 2.05) is 12.1 Å². The fraction of sp³-hybridized carbons (Fsp3) is 0.214. The lowest BCUT2D eigenvalue weighted by molar-refractivity contribution is -0.139. The van der Waals surface area contributed by atoms with Crippen LogP contribution < -0.4 is 5.32 Å². The summed E-state index contributed by atoms with van der Waals surface area (Å²) in [5, 5.41) is 3.47. The molecule has 0 amide bonds. The third kappa shape index (κ3) is 4.43. The van der Waals surface area contributed by atoms with Gasteiger partial charge in [0.2, 0.25) is 0 Å². The fourth-order valence-corrected chi connectivity index (χ4v) is 3.62. The zero-order chi connectivity index (χ0) is 15.4. The van der Waals surface area contributed by atoms with Gasteiger partial charge in [0.05, 0.1) is 24.2 Å². The van der Waals surface area contributed by atoms with Crippen molar-refractivity contribution < 1.29 is 13.9 Å². The molecule has 0 bridgehead atoms. The molecular weight excluding hydrogens is 381 g/mol. The van der Waals surface area contributed by atoms with Gasteiger partial charge in [-0.05, 0) is 40.2 Å². The smallest absolute Gasteiger partial charge is 0.310 e. The van der Waals surface area contributed by atoms with Crippen molar-refractivity contribution in [1.82, 2.24) is 0 Å². The summed E-state index contributed by atoms with van der Waals surface area (Å²) in [6.45, 7) is 0.537. The van der Waals surface area contributed by atoms with Crippen molar-refractivity contribution in [1.29, 1.82) is 0 Å². The van der Waals surface area contributed by atoms with Gasteiger partial charge in [-0.3, -0.25) is 4.79 Å². The first-order valence-electron chi connectivity index (χ1n) is 6.02.